The first-order valence-corrected chi connectivity index (χ1v) is 13.0. The summed E-state index contributed by atoms with van der Waals surface area (Å²) in [5, 5.41) is 42.2. The summed E-state index contributed by atoms with van der Waals surface area (Å²) in [6.07, 6.45) is 0. The SMILES string of the molecule is CC[O-].CC[O-].CN(CCN(C)Cc1cc(Br)cc(Br)c1[O-])Cc1cc(Br)cc(Br)c1[O-].[Ti+4]. The van der Waals surface area contributed by atoms with Gasteiger partial charge in [-0.2, -0.15) is 0 Å². The molecule has 0 atom stereocenters. The maximum Gasteiger partial charge on any atom is 4.00 e. The van der Waals surface area contributed by atoms with E-state index in [2.05, 4.69) is 73.5 Å². The van der Waals surface area contributed by atoms with Gasteiger partial charge in [0.15, 0.2) is 0 Å². The van der Waals surface area contributed by atoms with Gasteiger partial charge in [0, 0.05) is 44.1 Å². The van der Waals surface area contributed by atoms with E-state index in [1.165, 1.54) is 0 Å². The van der Waals surface area contributed by atoms with E-state index in [1.807, 2.05) is 26.2 Å². The van der Waals surface area contributed by atoms with Crippen molar-refractivity contribution in [2.24, 2.45) is 0 Å². The van der Waals surface area contributed by atoms with Crippen LogP contribution in [0.1, 0.15) is 25.0 Å². The number of halogens is 4. The summed E-state index contributed by atoms with van der Waals surface area (Å²) in [4.78, 5) is 4.20. The average molecular weight is 752 g/mol. The molecule has 0 unspecified atom stereocenters. The summed E-state index contributed by atoms with van der Waals surface area (Å²) in [6, 6.07) is 7.23. The number of hydrogen-bond donors (Lipinski definition) is 0. The van der Waals surface area contributed by atoms with Gasteiger partial charge in [0.1, 0.15) is 0 Å². The number of hydrogen-bond acceptors (Lipinski definition) is 6. The minimum Gasteiger partial charge on any atom is -0.871 e. The van der Waals surface area contributed by atoms with Crippen LogP contribution in [0.25, 0.3) is 0 Å². The van der Waals surface area contributed by atoms with Crippen molar-refractivity contribution >= 4 is 63.7 Å². The molecule has 0 N–H and O–H groups in total. The van der Waals surface area contributed by atoms with Crippen molar-refractivity contribution in [1.29, 1.82) is 0 Å². The minimum absolute atomic E-state index is 0. The minimum atomic E-state index is 0. The fraction of sp³-hybridized carbons (Fsp3) is 0.455. The standard InChI is InChI=1S/C18H20Br4N2O2.2C2H5O.Ti/c1-23(9-11-5-13(19)7-15(21)17(11)25)3-4-24(2)10-12-6-14(20)8-16(22)18(12)26;2*1-2-3;/h5-8,25-26H,3-4,9-10H2,1-2H3;2*2H2,1H3;/q;2*-1;+4/p-2. The maximum absolute atomic E-state index is 12.2. The van der Waals surface area contributed by atoms with Gasteiger partial charge in [-0.1, -0.05) is 89.1 Å². The zero-order valence-electron chi connectivity index (χ0n) is 19.1. The van der Waals surface area contributed by atoms with Gasteiger partial charge in [-0.25, -0.2) is 0 Å². The molecule has 0 aliphatic rings. The number of rotatable bonds is 7. The van der Waals surface area contributed by atoms with E-state index < -0.39 is 0 Å². The molecule has 0 aromatic heterocycles. The van der Waals surface area contributed by atoms with Crippen LogP contribution < -0.4 is 20.4 Å². The largest absolute Gasteiger partial charge is 4.00 e. The zero-order chi connectivity index (χ0) is 24.8. The molecule has 0 radical (unpaired) electrons. The molecule has 11 heteroatoms. The van der Waals surface area contributed by atoms with Crippen molar-refractivity contribution < 1.29 is 42.1 Å². The van der Waals surface area contributed by atoms with Gasteiger partial charge in [0.05, 0.1) is 0 Å². The van der Waals surface area contributed by atoms with Crippen LogP contribution in [-0.2, 0) is 34.8 Å². The quantitative estimate of drug-likeness (QED) is 0.404. The van der Waals surface area contributed by atoms with Crippen molar-refractivity contribution in [3.63, 3.8) is 0 Å². The Balaban J connectivity index is 0. The first-order chi connectivity index (χ1) is 15.0. The second-order valence-corrected chi connectivity index (χ2v) is 10.3. The van der Waals surface area contributed by atoms with Crippen molar-refractivity contribution in [3.8, 4) is 11.5 Å². The second-order valence-electron chi connectivity index (χ2n) is 6.80. The van der Waals surface area contributed by atoms with Gasteiger partial charge in [0.2, 0.25) is 0 Å². The van der Waals surface area contributed by atoms with E-state index in [4.69, 9.17) is 10.2 Å². The molecule has 0 aliphatic carbocycles. The molecule has 182 valence electrons. The predicted octanol–water partition coefficient (Wildman–Crippen LogP) is 3.18. The summed E-state index contributed by atoms with van der Waals surface area (Å²) in [5.41, 5.74) is 1.49. The average Bonchev–Trinajstić information content (AvgIpc) is 2.69. The normalized spacial score (nSPS) is 10.2. The summed E-state index contributed by atoms with van der Waals surface area (Å²) in [6.45, 7) is 5.84. The van der Waals surface area contributed by atoms with Gasteiger partial charge in [-0.05, 0) is 49.5 Å². The molecule has 2 aromatic rings. The summed E-state index contributed by atoms with van der Waals surface area (Å²) in [7, 11) is 3.97. The third-order valence-corrected chi connectivity index (χ3v) is 6.01. The second kappa shape index (κ2) is 19.7. The molecule has 2 aromatic carbocycles. The molecule has 0 aliphatic heterocycles. The monoisotopic (exact) mass is 748 g/mol. The summed E-state index contributed by atoms with van der Waals surface area (Å²) >= 11 is 13.4. The fourth-order valence-electron chi connectivity index (χ4n) is 2.54. The Morgan fingerprint density at radius 1 is 0.667 bits per heavy atom. The van der Waals surface area contributed by atoms with Crippen molar-refractivity contribution in [2.45, 2.75) is 26.9 Å². The van der Waals surface area contributed by atoms with Crippen molar-refractivity contribution in [1.82, 2.24) is 9.80 Å². The fourth-order valence-corrected chi connectivity index (χ4v) is 5.17. The van der Waals surface area contributed by atoms with Crippen molar-refractivity contribution in [3.05, 3.63) is 53.3 Å². The molecule has 0 saturated heterocycles. The Kier molecular flexibility index (Phi) is 21.3. The summed E-state index contributed by atoms with van der Waals surface area (Å²) in [5.74, 6) is 0.0341. The Hall–Kier alpha value is 0.514. The van der Waals surface area contributed by atoms with Crippen LogP contribution in [0, 0.1) is 0 Å². The Morgan fingerprint density at radius 2 is 0.939 bits per heavy atom. The van der Waals surface area contributed by atoms with Gasteiger partial charge in [-0.3, -0.25) is 0 Å². The molecular formula is C22H28Br4N2O4Ti. The van der Waals surface area contributed by atoms with Crippen LogP contribution in [-0.4, -0.2) is 50.2 Å². The molecule has 0 heterocycles. The first-order valence-electron chi connectivity index (χ1n) is 9.83. The molecule has 0 fully saturated rings. The molecule has 0 amide bonds. The van der Waals surface area contributed by atoms with E-state index >= 15 is 0 Å². The topological polar surface area (TPSA) is 98.7 Å². The van der Waals surface area contributed by atoms with E-state index in [0.717, 1.165) is 33.2 Å². The van der Waals surface area contributed by atoms with E-state index in [9.17, 15) is 10.2 Å². The van der Waals surface area contributed by atoms with Gasteiger partial charge < -0.3 is 30.2 Å². The van der Waals surface area contributed by atoms with Gasteiger partial charge >= 0.3 is 21.7 Å². The van der Waals surface area contributed by atoms with Crippen LogP contribution in [0.5, 0.6) is 11.5 Å². The van der Waals surface area contributed by atoms with E-state index in [1.54, 1.807) is 26.0 Å². The third-order valence-electron chi connectivity index (χ3n) is 3.91. The molecule has 0 saturated carbocycles. The molecule has 0 spiro atoms. The first kappa shape index (κ1) is 35.7. The molecule has 6 nitrogen and oxygen atoms in total. The molecular weight excluding hydrogens is 724 g/mol. The summed E-state index contributed by atoms with van der Waals surface area (Å²) < 4.78 is 2.89. The van der Waals surface area contributed by atoms with Crippen LogP contribution in [0.2, 0.25) is 0 Å². The number of benzene rings is 2. The Morgan fingerprint density at radius 3 is 1.21 bits per heavy atom. The van der Waals surface area contributed by atoms with Crippen LogP contribution in [0.15, 0.2) is 42.2 Å². The molecule has 0 bridgehead atoms. The zero-order valence-corrected chi connectivity index (χ0v) is 27.0. The maximum atomic E-state index is 12.2. The molecule has 2 rings (SSSR count). The van der Waals surface area contributed by atoms with Gasteiger partial charge in [0.25, 0.3) is 0 Å². The number of likely N-dealkylation sites (N-methyl/N-ethyl adjacent to an activating group) is 2. The third kappa shape index (κ3) is 14.6. The van der Waals surface area contributed by atoms with Crippen molar-refractivity contribution in [2.75, 3.05) is 40.4 Å². The number of nitrogens with zero attached hydrogens (tertiary/aromatic N) is 2. The van der Waals surface area contributed by atoms with Crippen LogP contribution in [0.4, 0.5) is 0 Å². The van der Waals surface area contributed by atoms with Crippen LogP contribution in [0.3, 0.4) is 0 Å². The Bertz CT molecular complexity index is 764. The molecule has 33 heavy (non-hydrogen) atoms. The van der Waals surface area contributed by atoms with Gasteiger partial charge in [-0.15, -0.1) is 13.2 Å². The Labute approximate surface area is 245 Å². The van der Waals surface area contributed by atoms with Crippen LogP contribution >= 0.6 is 63.7 Å². The van der Waals surface area contributed by atoms with E-state index in [0.29, 0.717) is 22.0 Å². The predicted molar refractivity (Wildman–Crippen MR) is 136 cm³/mol. The van der Waals surface area contributed by atoms with E-state index in [-0.39, 0.29) is 46.4 Å². The smallest absolute Gasteiger partial charge is 0.871 e.